The maximum atomic E-state index is 6.28. The molecule has 0 radical (unpaired) electrons. The number of anilines is 1. The third-order valence-electron chi connectivity index (χ3n) is 3.91. The maximum Gasteiger partial charge on any atom is 0.139 e. The number of nitrogen functional groups attached to an aromatic ring is 1. The van der Waals surface area contributed by atoms with Gasteiger partial charge in [0.2, 0.25) is 0 Å². The van der Waals surface area contributed by atoms with E-state index in [0.29, 0.717) is 5.82 Å². The number of nitrogens with zero attached hydrogens (tertiary/aromatic N) is 2. The molecule has 2 aromatic heterocycles. The minimum Gasteiger partial charge on any atom is -0.383 e. The van der Waals surface area contributed by atoms with Gasteiger partial charge in [-0.3, -0.25) is 4.40 Å². The predicted molar refractivity (Wildman–Crippen MR) is 84.0 cm³/mol. The molecule has 2 heterocycles. The SMILES string of the molecule is Cc1ccn2c(N)c(-c3cc(C)c(C)cc3C)nc2c1. The highest BCUT2D eigenvalue weighted by molar-refractivity contribution is 5.77. The van der Waals surface area contributed by atoms with E-state index in [2.05, 4.69) is 45.9 Å². The van der Waals surface area contributed by atoms with E-state index >= 15 is 0 Å². The lowest BCUT2D eigenvalue weighted by Gasteiger charge is -2.08. The van der Waals surface area contributed by atoms with Crippen molar-refractivity contribution in [3.63, 3.8) is 0 Å². The van der Waals surface area contributed by atoms with Crippen LogP contribution in [0, 0.1) is 27.7 Å². The lowest BCUT2D eigenvalue weighted by Crippen LogP contribution is -1.96. The molecule has 0 spiro atoms. The Hall–Kier alpha value is -2.29. The van der Waals surface area contributed by atoms with Gasteiger partial charge in [0.25, 0.3) is 0 Å². The summed E-state index contributed by atoms with van der Waals surface area (Å²) in [5.74, 6) is 0.700. The van der Waals surface area contributed by atoms with E-state index in [4.69, 9.17) is 10.7 Å². The second-order valence-electron chi connectivity index (χ2n) is 5.53. The zero-order valence-electron chi connectivity index (χ0n) is 12.4. The van der Waals surface area contributed by atoms with Gasteiger partial charge in [0.15, 0.2) is 0 Å². The van der Waals surface area contributed by atoms with Crippen molar-refractivity contribution >= 4 is 11.5 Å². The molecule has 0 atom stereocenters. The maximum absolute atomic E-state index is 6.28. The zero-order chi connectivity index (χ0) is 14.4. The first-order chi connectivity index (χ1) is 9.47. The Morgan fingerprint density at radius 1 is 0.950 bits per heavy atom. The molecule has 0 saturated heterocycles. The summed E-state index contributed by atoms with van der Waals surface area (Å²) >= 11 is 0. The highest BCUT2D eigenvalue weighted by Crippen LogP contribution is 2.31. The molecule has 0 saturated carbocycles. The molecule has 0 aliphatic heterocycles. The molecule has 0 unspecified atom stereocenters. The zero-order valence-corrected chi connectivity index (χ0v) is 12.4. The van der Waals surface area contributed by atoms with Crippen LogP contribution in [0.2, 0.25) is 0 Å². The normalized spacial score (nSPS) is 11.2. The number of hydrogen-bond acceptors (Lipinski definition) is 2. The van der Waals surface area contributed by atoms with Crippen molar-refractivity contribution in [3.05, 3.63) is 52.7 Å². The van der Waals surface area contributed by atoms with Gasteiger partial charge >= 0.3 is 0 Å². The summed E-state index contributed by atoms with van der Waals surface area (Å²) in [6.45, 7) is 8.42. The van der Waals surface area contributed by atoms with Crippen LogP contribution in [0.1, 0.15) is 22.3 Å². The molecule has 3 aromatic rings. The number of nitrogens with two attached hydrogens (primary N) is 1. The molecule has 0 bridgehead atoms. The van der Waals surface area contributed by atoms with E-state index in [1.54, 1.807) is 0 Å². The van der Waals surface area contributed by atoms with Gasteiger partial charge in [-0.1, -0.05) is 6.07 Å². The molecule has 0 aliphatic carbocycles. The predicted octanol–water partition coefficient (Wildman–Crippen LogP) is 3.82. The van der Waals surface area contributed by atoms with Gasteiger partial charge in [-0.25, -0.2) is 4.98 Å². The molecule has 20 heavy (non-hydrogen) atoms. The Balaban J connectivity index is 2.30. The lowest BCUT2D eigenvalue weighted by molar-refractivity contribution is 1.18. The number of imidazole rings is 1. The highest BCUT2D eigenvalue weighted by atomic mass is 15.1. The minimum absolute atomic E-state index is 0.700. The van der Waals surface area contributed by atoms with Crippen LogP contribution in [0.5, 0.6) is 0 Å². The molecular weight excluding hydrogens is 246 g/mol. The van der Waals surface area contributed by atoms with Crippen molar-refractivity contribution in [3.8, 4) is 11.3 Å². The molecule has 3 heteroatoms. The fourth-order valence-corrected chi connectivity index (χ4v) is 2.58. The van der Waals surface area contributed by atoms with Gasteiger partial charge in [0.05, 0.1) is 0 Å². The van der Waals surface area contributed by atoms with Crippen LogP contribution in [-0.2, 0) is 0 Å². The van der Waals surface area contributed by atoms with Crippen molar-refractivity contribution in [1.82, 2.24) is 9.38 Å². The molecule has 2 N–H and O–H groups in total. The Bertz CT molecular complexity index is 813. The van der Waals surface area contributed by atoms with Crippen LogP contribution in [0.25, 0.3) is 16.9 Å². The van der Waals surface area contributed by atoms with Crippen molar-refractivity contribution < 1.29 is 0 Å². The first-order valence-electron chi connectivity index (χ1n) is 6.80. The quantitative estimate of drug-likeness (QED) is 0.727. The smallest absolute Gasteiger partial charge is 0.139 e. The van der Waals surface area contributed by atoms with Gasteiger partial charge < -0.3 is 5.73 Å². The molecule has 3 rings (SSSR count). The Morgan fingerprint density at radius 2 is 1.65 bits per heavy atom. The summed E-state index contributed by atoms with van der Waals surface area (Å²) in [6.07, 6.45) is 1.98. The average molecular weight is 265 g/mol. The highest BCUT2D eigenvalue weighted by Gasteiger charge is 2.14. The van der Waals surface area contributed by atoms with Crippen LogP contribution in [0.4, 0.5) is 5.82 Å². The van der Waals surface area contributed by atoms with Crippen molar-refractivity contribution in [2.75, 3.05) is 5.73 Å². The van der Waals surface area contributed by atoms with Gasteiger partial charge in [0, 0.05) is 11.8 Å². The average Bonchev–Trinajstić information content (AvgIpc) is 2.70. The number of fused-ring (bicyclic) bond motifs is 1. The van der Waals surface area contributed by atoms with Gasteiger partial charge in [-0.05, 0) is 68.1 Å². The van der Waals surface area contributed by atoms with Crippen molar-refractivity contribution in [2.45, 2.75) is 27.7 Å². The van der Waals surface area contributed by atoms with Gasteiger partial charge in [-0.15, -0.1) is 0 Å². The molecular formula is C17H19N3. The lowest BCUT2D eigenvalue weighted by atomic mass is 9.99. The molecule has 3 nitrogen and oxygen atoms in total. The molecule has 0 amide bonds. The summed E-state index contributed by atoms with van der Waals surface area (Å²) in [4.78, 5) is 4.71. The first-order valence-corrected chi connectivity index (χ1v) is 6.80. The van der Waals surface area contributed by atoms with Crippen molar-refractivity contribution in [1.29, 1.82) is 0 Å². The van der Waals surface area contributed by atoms with E-state index in [1.165, 1.54) is 22.3 Å². The summed E-state index contributed by atoms with van der Waals surface area (Å²) in [7, 11) is 0. The monoisotopic (exact) mass is 265 g/mol. The summed E-state index contributed by atoms with van der Waals surface area (Å²) in [5.41, 5.74) is 14.1. The van der Waals surface area contributed by atoms with Gasteiger partial charge in [0.1, 0.15) is 17.2 Å². The van der Waals surface area contributed by atoms with Crippen LogP contribution >= 0.6 is 0 Å². The second kappa shape index (κ2) is 4.37. The molecule has 102 valence electrons. The number of benzene rings is 1. The van der Waals surface area contributed by atoms with Gasteiger partial charge in [-0.2, -0.15) is 0 Å². The van der Waals surface area contributed by atoms with E-state index in [-0.39, 0.29) is 0 Å². The fraction of sp³-hybridized carbons (Fsp3) is 0.235. The number of aryl methyl sites for hydroxylation is 4. The number of hydrogen-bond donors (Lipinski definition) is 1. The number of aromatic nitrogens is 2. The number of pyridine rings is 1. The molecule has 0 fully saturated rings. The number of rotatable bonds is 1. The fourth-order valence-electron chi connectivity index (χ4n) is 2.58. The Morgan fingerprint density at radius 3 is 2.40 bits per heavy atom. The standard InChI is InChI=1S/C17H19N3/c1-10-5-6-20-15(7-10)19-16(17(20)18)14-9-12(3)11(2)8-13(14)4/h5-9H,18H2,1-4H3. The topological polar surface area (TPSA) is 43.3 Å². The van der Waals surface area contributed by atoms with E-state index in [0.717, 1.165) is 16.9 Å². The summed E-state index contributed by atoms with van der Waals surface area (Å²) in [6, 6.07) is 8.47. The van der Waals surface area contributed by atoms with Crippen LogP contribution in [0.15, 0.2) is 30.5 Å². The van der Waals surface area contributed by atoms with Crippen molar-refractivity contribution in [2.24, 2.45) is 0 Å². The largest absolute Gasteiger partial charge is 0.383 e. The van der Waals surface area contributed by atoms with E-state index in [9.17, 15) is 0 Å². The minimum atomic E-state index is 0.700. The summed E-state index contributed by atoms with van der Waals surface area (Å²) in [5, 5.41) is 0. The third-order valence-corrected chi connectivity index (χ3v) is 3.91. The Labute approximate surface area is 119 Å². The molecule has 0 aliphatic rings. The van der Waals surface area contributed by atoms with E-state index in [1.807, 2.05) is 16.7 Å². The third kappa shape index (κ3) is 1.86. The first kappa shape index (κ1) is 12.7. The van der Waals surface area contributed by atoms with E-state index < -0.39 is 0 Å². The molecule has 1 aromatic carbocycles. The van der Waals surface area contributed by atoms with Crippen LogP contribution in [0.3, 0.4) is 0 Å². The van der Waals surface area contributed by atoms with Crippen LogP contribution < -0.4 is 5.73 Å². The van der Waals surface area contributed by atoms with Crippen LogP contribution in [-0.4, -0.2) is 9.38 Å². The Kier molecular flexibility index (Phi) is 2.78. The summed E-state index contributed by atoms with van der Waals surface area (Å²) < 4.78 is 1.94. The second-order valence-corrected chi connectivity index (χ2v) is 5.53.